The van der Waals surface area contributed by atoms with E-state index in [-0.39, 0.29) is 12.2 Å². The van der Waals surface area contributed by atoms with Gasteiger partial charge in [0.15, 0.2) is 0 Å². The molecule has 32 heavy (non-hydrogen) atoms. The zero-order chi connectivity index (χ0) is 22.2. The highest BCUT2D eigenvalue weighted by molar-refractivity contribution is 7.99. The van der Waals surface area contributed by atoms with Crippen LogP contribution in [0.25, 0.3) is 22.2 Å². The standard InChI is InChI=1S/C26H31N3O2S/c1-3-32-21-13-14-22-23(15-21)29(20-5-4-6-20)25(24(22)27)18-9-11-19(12-10-18)28-26(30)31-16(2)17-7-8-17/h9-17,20H,3-8,27H2,1-2H3,(H,28,30)/t16-/m1/s1. The van der Waals surface area contributed by atoms with Crippen molar-refractivity contribution in [1.82, 2.24) is 4.57 Å². The van der Waals surface area contributed by atoms with Crippen LogP contribution in [0.4, 0.5) is 16.2 Å². The van der Waals surface area contributed by atoms with E-state index in [1.807, 2.05) is 43.0 Å². The minimum absolute atomic E-state index is 0.0250. The number of thioether (sulfide) groups is 1. The number of anilines is 2. The maximum absolute atomic E-state index is 12.2. The number of hydrogen-bond donors (Lipinski definition) is 2. The molecule has 5 nitrogen and oxygen atoms in total. The number of nitrogens with zero attached hydrogens (tertiary/aromatic N) is 1. The van der Waals surface area contributed by atoms with E-state index in [0.29, 0.717) is 12.0 Å². The Kier molecular flexibility index (Phi) is 5.80. The lowest BCUT2D eigenvalue weighted by Crippen LogP contribution is -2.21. The largest absolute Gasteiger partial charge is 0.446 e. The van der Waals surface area contributed by atoms with Gasteiger partial charge in [0.25, 0.3) is 0 Å². The van der Waals surface area contributed by atoms with E-state index in [1.54, 1.807) is 0 Å². The SMILES string of the molecule is CCSc1ccc2c(N)c(-c3ccc(NC(=O)O[C@H](C)C4CC4)cc3)n(C3CCC3)c2c1. The Bertz CT molecular complexity index is 1130. The minimum atomic E-state index is -0.388. The van der Waals surface area contributed by atoms with Crippen molar-refractivity contribution in [2.75, 3.05) is 16.8 Å². The van der Waals surface area contributed by atoms with Crippen LogP contribution in [-0.2, 0) is 4.74 Å². The van der Waals surface area contributed by atoms with E-state index < -0.39 is 0 Å². The van der Waals surface area contributed by atoms with E-state index in [9.17, 15) is 4.79 Å². The molecule has 2 saturated carbocycles. The molecule has 0 aliphatic heterocycles. The van der Waals surface area contributed by atoms with Crippen LogP contribution < -0.4 is 11.1 Å². The number of carbonyl (C=O) groups is 1. The summed E-state index contributed by atoms with van der Waals surface area (Å²) in [6.45, 7) is 4.14. The van der Waals surface area contributed by atoms with Gasteiger partial charge in [-0.25, -0.2) is 4.79 Å². The summed E-state index contributed by atoms with van der Waals surface area (Å²) in [5.41, 5.74) is 11.6. The number of nitrogen functional groups attached to an aromatic ring is 1. The van der Waals surface area contributed by atoms with Crippen molar-refractivity contribution < 1.29 is 9.53 Å². The molecule has 0 spiro atoms. The Morgan fingerprint density at radius 3 is 2.56 bits per heavy atom. The fourth-order valence-electron chi connectivity index (χ4n) is 4.58. The normalized spacial score (nSPS) is 17.2. The zero-order valence-corrected chi connectivity index (χ0v) is 19.6. The maximum atomic E-state index is 12.2. The highest BCUT2D eigenvalue weighted by Gasteiger charge is 2.31. The van der Waals surface area contributed by atoms with Crippen LogP contribution in [0.5, 0.6) is 0 Å². The summed E-state index contributed by atoms with van der Waals surface area (Å²) in [5, 5.41) is 3.97. The fraction of sp³-hybridized carbons (Fsp3) is 0.423. The average Bonchev–Trinajstić information content (AvgIpc) is 3.55. The molecule has 1 heterocycles. The van der Waals surface area contributed by atoms with Gasteiger partial charge in [-0.05, 0) is 81.0 Å². The third-order valence-corrected chi connectivity index (χ3v) is 7.63. The van der Waals surface area contributed by atoms with E-state index >= 15 is 0 Å². The number of amides is 1. The number of carbonyl (C=O) groups excluding carboxylic acids is 1. The van der Waals surface area contributed by atoms with Crippen molar-refractivity contribution >= 4 is 40.1 Å². The summed E-state index contributed by atoms with van der Waals surface area (Å²) < 4.78 is 7.93. The van der Waals surface area contributed by atoms with Crippen LogP contribution in [0.1, 0.15) is 52.0 Å². The second-order valence-electron chi connectivity index (χ2n) is 8.98. The summed E-state index contributed by atoms with van der Waals surface area (Å²) >= 11 is 1.86. The first-order valence-electron chi connectivity index (χ1n) is 11.7. The van der Waals surface area contributed by atoms with E-state index in [2.05, 4.69) is 35.0 Å². The molecule has 168 valence electrons. The van der Waals surface area contributed by atoms with Crippen LogP contribution >= 0.6 is 11.8 Å². The first-order chi connectivity index (χ1) is 15.5. The highest BCUT2D eigenvalue weighted by Crippen LogP contribution is 2.45. The number of nitrogens with two attached hydrogens (primary N) is 1. The summed E-state index contributed by atoms with van der Waals surface area (Å²) in [6, 6.07) is 15.1. The molecule has 1 amide bonds. The van der Waals surface area contributed by atoms with E-state index in [4.69, 9.17) is 10.5 Å². The molecule has 0 bridgehead atoms. The fourth-order valence-corrected chi connectivity index (χ4v) is 5.27. The molecule has 0 unspecified atom stereocenters. The number of fused-ring (bicyclic) bond motifs is 1. The van der Waals surface area contributed by atoms with Crippen molar-refractivity contribution in [3.05, 3.63) is 42.5 Å². The van der Waals surface area contributed by atoms with Crippen molar-refractivity contribution in [2.24, 2.45) is 5.92 Å². The third-order valence-electron chi connectivity index (χ3n) is 6.75. The van der Waals surface area contributed by atoms with Gasteiger partial charge in [-0.1, -0.05) is 19.1 Å². The number of rotatable bonds is 7. The number of aromatic nitrogens is 1. The van der Waals surface area contributed by atoms with Crippen molar-refractivity contribution in [3.8, 4) is 11.3 Å². The molecule has 3 N–H and O–H groups in total. The second-order valence-corrected chi connectivity index (χ2v) is 10.3. The molecule has 3 aromatic rings. The monoisotopic (exact) mass is 449 g/mol. The number of benzene rings is 2. The highest BCUT2D eigenvalue weighted by atomic mass is 32.2. The first-order valence-corrected chi connectivity index (χ1v) is 12.7. The van der Waals surface area contributed by atoms with Crippen LogP contribution in [0.15, 0.2) is 47.4 Å². The van der Waals surface area contributed by atoms with Gasteiger partial charge in [0.05, 0.1) is 16.9 Å². The Hall–Kier alpha value is -2.60. The lowest BCUT2D eigenvalue weighted by molar-refractivity contribution is 0.108. The average molecular weight is 450 g/mol. The summed E-state index contributed by atoms with van der Waals surface area (Å²) in [6.07, 6.45) is 5.52. The lowest BCUT2D eigenvalue weighted by atomic mass is 9.92. The lowest BCUT2D eigenvalue weighted by Gasteiger charge is -2.30. The Morgan fingerprint density at radius 2 is 1.94 bits per heavy atom. The van der Waals surface area contributed by atoms with Gasteiger partial charge in [-0.15, -0.1) is 11.8 Å². The maximum Gasteiger partial charge on any atom is 0.411 e. The molecule has 5 rings (SSSR count). The predicted molar refractivity (Wildman–Crippen MR) is 133 cm³/mol. The number of nitrogens with one attached hydrogen (secondary N) is 1. The molecule has 1 aromatic heterocycles. The molecule has 2 fully saturated rings. The van der Waals surface area contributed by atoms with Gasteiger partial charge in [-0.3, -0.25) is 5.32 Å². The molecule has 0 saturated heterocycles. The predicted octanol–water partition coefficient (Wildman–Crippen LogP) is 7.07. The zero-order valence-electron chi connectivity index (χ0n) is 18.8. The summed E-state index contributed by atoms with van der Waals surface area (Å²) in [5.74, 6) is 1.57. The minimum Gasteiger partial charge on any atom is -0.446 e. The Labute approximate surface area is 193 Å². The molecule has 2 aliphatic carbocycles. The van der Waals surface area contributed by atoms with Gasteiger partial charge in [0.2, 0.25) is 0 Å². The summed E-state index contributed by atoms with van der Waals surface area (Å²) in [4.78, 5) is 13.5. The molecule has 6 heteroatoms. The molecular formula is C26H31N3O2S. The number of ether oxygens (including phenoxy) is 1. The van der Waals surface area contributed by atoms with Gasteiger partial charge < -0.3 is 15.0 Å². The van der Waals surface area contributed by atoms with Crippen molar-refractivity contribution in [2.45, 2.75) is 63.0 Å². The molecule has 2 aromatic carbocycles. The molecule has 1 atom stereocenters. The Morgan fingerprint density at radius 1 is 1.19 bits per heavy atom. The molecule has 0 radical (unpaired) electrons. The van der Waals surface area contributed by atoms with Crippen LogP contribution in [0.2, 0.25) is 0 Å². The topological polar surface area (TPSA) is 69.3 Å². The van der Waals surface area contributed by atoms with Gasteiger partial charge >= 0.3 is 6.09 Å². The third kappa shape index (κ3) is 4.08. The molecular weight excluding hydrogens is 418 g/mol. The van der Waals surface area contributed by atoms with Crippen LogP contribution in [0, 0.1) is 5.92 Å². The van der Waals surface area contributed by atoms with Gasteiger partial charge in [0, 0.05) is 27.6 Å². The van der Waals surface area contributed by atoms with Crippen molar-refractivity contribution in [1.29, 1.82) is 0 Å². The van der Waals surface area contributed by atoms with Gasteiger partial charge in [0.1, 0.15) is 6.10 Å². The van der Waals surface area contributed by atoms with Gasteiger partial charge in [-0.2, -0.15) is 0 Å². The summed E-state index contributed by atoms with van der Waals surface area (Å²) in [7, 11) is 0. The molecule has 2 aliphatic rings. The smallest absolute Gasteiger partial charge is 0.411 e. The van der Waals surface area contributed by atoms with Crippen LogP contribution in [0.3, 0.4) is 0 Å². The van der Waals surface area contributed by atoms with E-state index in [0.717, 1.165) is 46.6 Å². The van der Waals surface area contributed by atoms with E-state index in [1.165, 1.54) is 29.7 Å². The quantitative estimate of drug-likeness (QED) is 0.378. The van der Waals surface area contributed by atoms with Crippen molar-refractivity contribution in [3.63, 3.8) is 0 Å². The first kappa shape index (κ1) is 21.3. The second kappa shape index (κ2) is 8.74. The number of hydrogen-bond acceptors (Lipinski definition) is 4. The van der Waals surface area contributed by atoms with Crippen LogP contribution in [-0.4, -0.2) is 22.5 Å². The Balaban J connectivity index is 1.44.